The van der Waals surface area contributed by atoms with Crippen molar-refractivity contribution in [2.75, 3.05) is 6.54 Å². The Morgan fingerprint density at radius 1 is 1.38 bits per heavy atom. The molecule has 0 aromatic carbocycles. The Hall–Kier alpha value is -0.640. The monoisotopic (exact) mass is 242 g/mol. The molecule has 1 amide bonds. The first-order valence-corrected chi connectivity index (χ1v) is 6.52. The molecule has 0 aromatic rings. The van der Waals surface area contributed by atoms with Gasteiger partial charge in [0.1, 0.15) is 0 Å². The van der Waals surface area contributed by atoms with Crippen LogP contribution in [0.4, 0.5) is 0 Å². The minimum atomic E-state index is 0.177. The van der Waals surface area contributed by atoms with Gasteiger partial charge >= 0.3 is 0 Å². The molecular weight excluding hydrogens is 220 g/mol. The summed E-state index contributed by atoms with van der Waals surface area (Å²) in [5.41, 5.74) is 5.54. The Balaban J connectivity index is 2.61. The minimum Gasteiger partial charge on any atom is -0.392 e. The van der Waals surface area contributed by atoms with Crippen molar-refractivity contribution in [3.05, 3.63) is 0 Å². The summed E-state index contributed by atoms with van der Waals surface area (Å²) in [5, 5.41) is 0. The van der Waals surface area contributed by atoms with Gasteiger partial charge in [-0.15, -0.1) is 0 Å². The molecule has 0 saturated heterocycles. The van der Waals surface area contributed by atoms with Crippen molar-refractivity contribution in [2.45, 2.75) is 52.0 Å². The topological polar surface area (TPSA) is 46.3 Å². The molecule has 0 aromatic heterocycles. The van der Waals surface area contributed by atoms with E-state index in [9.17, 15) is 4.79 Å². The van der Waals surface area contributed by atoms with E-state index in [1.807, 2.05) is 18.7 Å². The van der Waals surface area contributed by atoms with Crippen molar-refractivity contribution in [1.29, 1.82) is 0 Å². The lowest BCUT2D eigenvalue weighted by Gasteiger charge is -2.31. The van der Waals surface area contributed by atoms with Crippen LogP contribution in [0.15, 0.2) is 0 Å². The summed E-state index contributed by atoms with van der Waals surface area (Å²) < 4.78 is 0. The predicted octanol–water partition coefficient (Wildman–Crippen LogP) is 2.09. The molecule has 16 heavy (non-hydrogen) atoms. The van der Waals surface area contributed by atoms with E-state index in [4.69, 9.17) is 18.0 Å². The fourth-order valence-electron chi connectivity index (χ4n) is 2.27. The summed E-state index contributed by atoms with van der Waals surface area (Å²) >= 11 is 4.90. The van der Waals surface area contributed by atoms with E-state index in [2.05, 4.69) is 0 Å². The van der Waals surface area contributed by atoms with Crippen LogP contribution in [0.3, 0.4) is 0 Å². The Morgan fingerprint density at radius 2 is 1.94 bits per heavy atom. The van der Waals surface area contributed by atoms with Crippen LogP contribution < -0.4 is 5.73 Å². The lowest BCUT2D eigenvalue weighted by molar-refractivity contribution is -0.137. The number of nitrogens with zero attached hydrogens (tertiary/aromatic N) is 1. The van der Waals surface area contributed by atoms with Gasteiger partial charge in [0.15, 0.2) is 0 Å². The highest BCUT2D eigenvalue weighted by Gasteiger charge is 2.27. The highest BCUT2D eigenvalue weighted by molar-refractivity contribution is 7.80. The van der Waals surface area contributed by atoms with Crippen LogP contribution in [-0.2, 0) is 4.79 Å². The smallest absolute Gasteiger partial charge is 0.226 e. The van der Waals surface area contributed by atoms with Crippen molar-refractivity contribution in [3.63, 3.8) is 0 Å². The Bertz CT molecular complexity index is 260. The SMILES string of the molecule is CC(C)N(CC(N)=S)C(=O)C1CCCCC1. The Morgan fingerprint density at radius 3 is 2.38 bits per heavy atom. The lowest BCUT2D eigenvalue weighted by atomic mass is 9.88. The molecule has 92 valence electrons. The van der Waals surface area contributed by atoms with Crippen molar-refractivity contribution in [3.8, 4) is 0 Å². The molecule has 0 bridgehead atoms. The van der Waals surface area contributed by atoms with Gasteiger partial charge in [-0.3, -0.25) is 4.79 Å². The quantitative estimate of drug-likeness (QED) is 0.768. The minimum absolute atomic E-state index is 0.177. The summed E-state index contributed by atoms with van der Waals surface area (Å²) in [4.78, 5) is 14.5. The second-order valence-electron chi connectivity index (χ2n) is 4.86. The average molecular weight is 242 g/mol. The van der Waals surface area contributed by atoms with E-state index in [1.165, 1.54) is 19.3 Å². The number of nitrogens with two attached hydrogens (primary N) is 1. The van der Waals surface area contributed by atoms with E-state index < -0.39 is 0 Å². The summed E-state index contributed by atoms with van der Waals surface area (Å²) in [6.07, 6.45) is 5.67. The fraction of sp³-hybridized carbons (Fsp3) is 0.833. The summed E-state index contributed by atoms with van der Waals surface area (Å²) in [7, 11) is 0. The van der Waals surface area contributed by atoms with E-state index >= 15 is 0 Å². The molecular formula is C12H22N2OS. The zero-order valence-corrected chi connectivity index (χ0v) is 11.1. The zero-order chi connectivity index (χ0) is 12.1. The second-order valence-corrected chi connectivity index (χ2v) is 5.39. The molecule has 3 nitrogen and oxygen atoms in total. The molecule has 1 rings (SSSR count). The van der Waals surface area contributed by atoms with Crippen LogP contribution in [-0.4, -0.2) is 28.4 Å². The summed E-state index contributed by atoms with van der Waals surface area (Å²) in [6.45, 7) is 4.44. The van der Waals surface area contributed by atoms with Gasteiger partial charge in [0, 0.05) is 12.0 Å². The van der Waals surface area contributed by atoms with Gasteiger partial charge in [0.05, 0.1) is 11.5 Å². The molecule has 1 aliphatic carbocycles. The van der Waals surface area contributed by atoms with E-state index in [-0.39, 0.29) is 17.9 Å². The average Bonchev–Trinajstić information content (AvgIpc) is 2.25. The Kier molecular flexibility index (Phi) is 5.19. The van der Waals surface area contributed by atoms with E-state index in [0.29, 0.717) is 11.5 Å². The van der Waals surface area contributed by atoms with Crippen LogP contribution in [0.2, 0.25) is 0 Å². The fourth-order valence-corrected chi connectivity index (χ4v) is 2.41. The summed E-state index contributed by atoms with van der Waals surface area (Å²) in [5.74, 6) is 0.438. The number of hydrogen-bond acceptors (Lipinski definition) is 2. The van der Waals surface area contributed by atoms with Gasteiger partial charge in [0.2, 0.25) is 5.91 Å². The van der Waals surface area contributed by atoms with Crippen LogP contribution in [0.1, 0.15) is 46.0 Å². The molecule has 2 N–H and O–H groups in total. The predicted molar refractivity (Wildman–Crippen MR) is 70.2 cm³/mol. The number of carbonyl (C=O) groups excluding carboxylic acids is 1. The number of amides is 1. The third-order valence-corrected chi connectivity index (χ3v) is 3.32. The Labute approximate surface area is 103 Å². The number of hydrogen-bond donors (Lipinski definition) is 1. The molecule has 0 radical (unpaired) electrons. The van der Waals surface area contributed by atoms with Gasteiger partial charge in [-0.1, -0.05) is 31.5 Å². The van der Waals surface area contributed by atoms with Crippen molar-refractivity contribution in [1.82, 2.24) is 4.90 Å². The van der Waals surface area contributed by atoms with Crippen molar-refractivity contribution >= 4 is 23.1 Å². The molecule has 1 aliphatic rings. The number of carbonyl (C=O) groups is 1. The van der Waals surface area contributed by atoms with Crippen LogP contribution >= 0.6 is 12.2 Å². The standard InChI is InChI=1S/C12H22N2OS/c1-9(2)14(8-11(13)16)12(15)10-6-4-3-5-7-10/h9-10H,3-8H2,1-2H3,(H2,13,16). The first kappa shape index (κ1) is 13.4. The molecule has 0 aliphatic heterocycles. The normalized spacial score (nSPS) is 17.4. The third kappa shape index (κ3) is 3.74. The van der Waals surface area contributed by atoms with Gasteiger partial charge in [0.25, 0.3) is 0 Å². The third-order valence-electron chi connectivity index (χ3n) is 3.19. The highest BCUT2D eigenvalue weighted by Crippen LogP contribution is 2.25. The maximum absolute atomic E-state index is 12.3. The van der Waals surface area contributed by atoms with Gasteiger partial charge in [-0.05, 0) is 26.7 Å². The summed E-state index contributed by atoms with van der Waals surface area (Å²) in [6, 6.07) is 0.177. The molecule has 0 atom stereocenters. The maximum atomic E-state index is 12.3. The molecule has 4 heteroatoms. The maximum Gasteiger partial charge on any atom is 0.226 e. The number of thiocarbonyl (C=S) groups is 1. The molecule has 0 heterocycles. The molecule has 0 unspecified atom stereocenters. The van der Waals surface area contributed by atoms with Crippen LogP contribution in [0, 0.1) is 5.92 Å². The number of rotatable bonds is 4. The largest absolute Gasteiger partial charge is 0.392 e. The molecule has 1 saturated carbocycles. The van der Waals surface area contributed by atoms with Gasteiger partial charge in [-0.25, -0.2) is 0 Å². The molecule has 0 spiro atoms. The van der Waals surface area contributed by atoms with Crippen LogP contribution in [0.25, 0.3) is 0 Å². The second kappa shape index (κ2) is 6.18. The van der Waals surface area contributed by atoms with Crippen LogP contribution in [0.5, 0.6) is 0 Å². The molecule has 1 fully saturated rings. The first-order valence-electron chi connectivity index (χ1n) is 6.11. The van der Waals surface area contributed by atoms with Crippen molar-refractivity contribution < 1.29 is 4.79 Å². The van der Waals surface area contributed by atoms with Gasteiger partial charge < -0.3 is 10.6 Å². The van der Waals surface area contributed by atoms with Crippen molar-refractivity contribution in [2.24, 2.45) is 11.7 Å². The first-order chi connectivity index (χ1) is 7.52. The van der Waals surface area contributed by atoms with E-state index in [0.717, 1.165) is 12.8 Å². The highest BCUT2D eigenvalue weighted by atomic mass is 32.1. The zero-order valence-electron chi connectivity index (χ0n) is 10.2. The van der Waals surface area contributed by atoms with E-state index in [1.54, 1.807) is 0 Å². The lowest BCUT2D eigenvalue weighted by Crippen LogP contribution is -2.45. The van der Waals surface area contributed by atoms with Gasteiger partial charge in [-0.2, -0.15) is 0 Å².